The van der Waals surface area contributed by atoms with Crippen molar-refractivity contribution in [1.29, 1.82) is 0 Å². The number of hydrogen-bond acceptors (Lipinski definition) is 4. The number of para-hydroxylation sites is 1. The molecule has 2 atom stereocenters. The lowest BCUT2D eigenvalue weighted by Crippen LogP contribution is -2.45. The summed E-state index contributed by atoms with van der Waals surface area (Å²) < 4.78 is 4.52. The van der Waals surface area contributed by atoms with E-state index in [-0.39, 0.29) is 30.2 Å². The van der Waals surface area contributed by atoms with Gasteiger partial charge in [-0.2, -0.15) is 0 Å². The molecule has 1 saturated carbocycles. The molecule has 144 valence electrons. The van der Waals surface area contributed by atoms with Crippen LogP contribution in [0.15, 0.2) is 36.4 Å². The number of amides is 2. The Morgan fingerprint density at radius 1 is 1.19 bits per heavy atom. The molecule has 3 rings (SSSR count). The summed E-state index contributed by atoms with van der Waals surface area (Å²) >= 11 is 0. The zero-order valence-electron chi connectivity index (χ0n) is 15.6. The van der Waals surface area contributed by atoms with Crippen LogP contribution in [-0.2, 0) is 25.5 Å². The van der Waals surface area contributed by atoms with Crippen molar-refractivity contribution in [3.8, 4) is 0 Å². The largest absolute Gasteiger partial charge is 0.466 e. The highest BCUT2D eigenvalue weighted by atomic mass is 16.5. The van der Waals surface area contributed by atoms with E-state index >= 15 is 0 Å². The van der Waals surface area contributed by atoms with Gasteiger partial charge in [0.25, 0.3) is 0 Å². The van der Waals surface area contributed by atoms with Crippen molar-refractivity contribution in [2.75, 3.05) is 25.1 Å². The van der Waals surface area contributed by atoms with Crippen molar-refractivity contribution < 1.29 is 19.1 Å². The number of fused-ring (bicyclic) bond motifs is 1. The molecule has 6 heteroatoms. The zero-order valence-corrected chi connectivity index (χ0v) is 15.6. The van der Waals surface area contributed by atoms with Crippen molar-refractivity contribution in [2.45, 2.75) is 32.1 Å². The molecule has 1 N–H and O–H groups in total. The van der Waals surface area contributed by atoms with Crippen molar-refractivity contribution in [3.05, 3.63) is 42.0 Å². The second kappa shape index (κ2) is 8.84. The number of ether oxygens (including phenoxy) is 1. The number of carbonyl (C=O) groups is 3. The number of rotatable bonds is 5. The Kier molecular flexibility index (Phi) is 6.27. The molecule has 0 spiro atoms. The summed E-state index contributed by atoms with van der Waals surface area (Å²) in [5.74, 6) is -1.11. The zero-order chi connectivity index (χ0) is 19.2. The molecule has 0 aromatic heterocycles. The second-order valence-electron chi connectivity index (χ2n) is 7.04. The average molecular weight is 370 g/mol. The molecule has 1 aliphatic carbocycles. The number of carbonyl (C=O) groups excluding carboxylic acids is 3. The molecule has 1 aromatic carbocycles. The van der Waals surface area contributed by atoms with Crippen molar-refractivity contribution in [2.24, 2.45) is 11.8 Å². The molecule has 0 saturated heterocycles. The third-order valence-corrected chi connectivity index (χ3v) is 5.42. The van der Waals surface area contributed by atoms with Gasteiger partial charge in [-0.05, 0) is 30.9 Å². The van der Waals surface area contributed by atoms with Crippen LogP contribution < -0.4 is 10.2 Å². The highest BCUT2D eigenvalue weighted by molar-refractivity contribution is 5.99. The van der Waals surface area contributed by atoms with Gasteiger partial charge in [-0.25, -0.2) is 4.79 Å². The molecule has 2 aliphatic rings. The van der Waals surface area contributed by atoms with E-state index in [0.29, 0.717) is 6.54 Å². The van der Waals surface area contributed by atoms with Crippen LogP contribution in [0.3, 0.4) is 0 Å². The molecular weight excluding hydrogens is 344 g/mol. The monoisotopic (exact) mass is 370 g/mol. The highest BCUT2D eigenvalue weighted by Crippen LogP contribution is 2.35. The number of anilines is 1. The summed E-state index contributed by atoms with van der Waals surface area (Å²) in [6.07, 6.45) is 7.09. The SMILES string of the molecule is COC(=O)/C=C/CNC(=O)[C@@H]1CCCC[C@@H]1C(=O)N1CCc2ccccc21. The van der Waals surface area contributed by atoms with Gasteiger partial charge >= 0.3 is 5.97 Å². The lowest BCUT2D eigenvalue weighted by Gasteiger charge is -2.32. The van der Waals surface area contributed by atoms with Crippen LogP contribution in [0.4, 0.5) is 5.69 Å². The van der Waals surface area contributed by atoms with E-state index in [9.17, 15) is 14.4 Å². The third-order valence-electron chi connectivity index (χ3n) is 5.42. The summed E-state index contributed by atoms with van der Waals surface area (Å²) in [6.45, 7) is 0.933. The minimum Gasteiger partial charge on any atom is -0.466 e. The van der Waals surface area contributed by atoms with Crippen molar-refractivity contribution >= 4 is 23.5 Å². The maximum atomic E-state index is 13.2. The second-order valence-corrected chi connectivity index (χ2v) is 7.04. The molecule has 6 nitrogen and oxygen atoms in total. The minimum absolute atomic E-state index is 0.0601. The van der Waals surface area contributed by atoms with Crippen LogP contribution in [0.25, 0.3) is 0 Å². The summed E-state index contributed by atoms with van der Waals surface area (Å²) in [5.41, 5.74) is 2.17. The molecule has 1 fully saturated rings. The average Bonchev–Trinajstić information content (AvgIpc) is 3.14. The maximum Gasteiger partial charge on any atom is 0.330 e. The third kappa shape index (κ3) is 4.38. The molecule has 0 radical (unpaired) electrons. The van der Waals surface area contributed by atoms with Crippen LogP contribution in [-0.4, -0.2) is 38.0 Å². The van der Waals surface area contributed by atoms with Crippen molar-refractivity contribution in [1.82, 2.24) is 5.32 Å². The Labute approximate surface area is 159 Å². The summed E-state index contributed by atoms with van der Waals surface area (Å²) in [7, 11) is 1.31. The lowest BCUT2D eigenvalue weighted by atomic mass is 9.77. The molecular formula is C21H26N2O4. The van der Waals surface area contributed by atoms with Gasteiger partial charge < -0.3 is 15.0 Å². The van der Waals surface area contributed by atoms with Crippen LogP contribution in [0.1, 0.15) is 31.2 Å². The van der Waals surface area contributed by atoms with Crippen LogP contribution in [0.2, 0.25) is 0 Å². The van der Waals surface area contributed by atoms with E-state index < -0.39 is 5.97 Å². The Hall–Kier alpha value is -2.63. The first-order valence-electron chi connectivity index (χ1n) is 9.53. The molecule has 2 amide bonds. The molecule has 1 aromatic rings. The van der Waals surface area contributed by atoms with E-state index in [1.165, 1.54) is 18.7 Å². The number of nitrogens with one attached hydrogen (secondary N) is 1. The fraction of sp³-hybridized carbons (Fsp3) is 0.476. The van der Waals surface area contributed by atoms with Gasteiger partial charge in [0.2, 0.25) is 11.8 Å². The fourth-order valence-electron chi connectivity index (χ4n) is 4.02. The van der Waals surface area contributed by atoms with Gasteiger partial charge in [0.1, 0.15) is 0 Å². The van der Waals surface area contributed by atoms with Crippen LogP contribution in [0.5, 0.6) is 0 Å². The Balaban J connectivity index is 1.65. The molecule has 0 bridgehead atoms. The summed E-state index contributed by atoms with van der Waals surface area (Å²) in [5, 5.41) is 2.82. The molecule has 1 heterocycles. The van der Waals surface area contributed by atoms with Crippen LogP contribution in [0, 0.1) is 11.8 Å². The Morgan fingerprint density at radius 3 is 2.70 bits per heavy atom. The van der Waals surface area contributed by atoms with Gasteiger partial charge in [-0.3, -0.25) is 9.59 Å². The van der Waals surface area contributed by atoms with Crippen molar-refractivity contribution in [3.63, 3.8) is 0 Å². The van der Waals surface area contributed by atoms with Gasteiger partial charge in [-0.15, -0.1) is 0 Å². The molecule has 1 aliphatic heterocycles. The van der Waals surface area contributed by atoms with Gasteiger partial charge in [0.15, 0.2) is 0 Å². The Bertz CT molecular complexity index is 743. The van der Waals surface area contributed by atoms with Gasteiger partial charge in [0.05, 0.1) is 13.0 Å². The van der Waals surface area contributed by atoms with E-state index in [4.69, 9.17) is 0 Å². The fourth-order valence-corrected chi connectivity index (χ4v) is 4.02. The standard InChI is InChI=1S/C21H26N2O4/c1-27-19(24)11-6-13-22-20(25)16-8-3-4-9-17(16)21(26)23-14-12-15-7-2-5-10-18(15)23/h2,5-7,10-11,16-17H,3-4,8-9,12-14H2,1H3,(H,22,25)/b11-6+/t16-,17+/m1/s1. The number of esters is 1. The quantitative estimate of drug-likeness (QED) is 0.637. The Morgan fingerprint density at radius 2 is 1.93 bits per heavy atom. The molecule has 0 unspecified atom stereocenters. The maximum absolute atomic E-state index is 13.2. The van der Waals surface area contributed by atoms with Crippen LogP contribution >= 0.6 is 0 Å². The summed E-state index contributed by atoms with van der Waals surface area (Å²) in [6, 6.07) is 7.98. The number of methoxy groups -OCH3 is 1. The van der Waals surface area contributed by atoms with Gasteiger partial charge in [-0.1, -0.05) is 37.1 Å². The smallest absolute Gasteiger partial charge is 0.330 e. The van der Waals surface area contributed by atoms with E-state index in [0.717, 1.165) is 37.8 Å². The highest BCUT2D eigenvalue weighted by Gasteiger charge is 2.39. The molecule has 27 heavy (non-hydrogen) atoms. The first-order chi connectivity index (χ1) is 13.1. The number of nitrogens with zero attached hydrogens (tertiary/aromatic N) is 1. The van der Waals surface area contributed by atoms with E-state index in [2.05, 4.69) is 16.1 Å². The number of hydrogen-bond donors (Lipinski definition) is 1. The predicted molar refractivity (Wildman–Crippen MR) is 102 cm³/mol. The lowest BCUT2D eigenvalue weighted by molar-refractivity contribution is -0.135. The predicted octanol–water partition coefficient (Wildman–Crippen LogP) is 2.23. The first-order valence-corrected chi connectivity index (χ1v) is 9.53. The summed E-state index contributed by atoms with van der Waals surface area (Å²) in [4.78, 5) is 38.8. The van der Waals surface area contributed by atoms with E-state index in [1.807, 2.05) is 23.1 Å². The number of benzene rings is 1. The normalized spacial score (nSPS) is 21.7. The van der Waals surface area contributed by atoms with Gasteiger partial charge in [0, 0.05) is 30.8 Å². The van der Waals surface area contributed by atoms with E-state index in [1.54, 1.807) is 6.08 Å². The first kappa shape index (κ1) is 19.1. The topological polar surface area (TPSA) is 75.7 Å². The minimum atomic E-state index is -0.456.